The lowest BCUT2D eigenvalue weighted by Crippen LogP contribution is -1.98. The largest absolute Gasteiger partial charge is 0.384 e. The van der Waals surface area contributed by atoms with E-state index >= 15 is 0 Å². The Bertz CT molecular complexity index is 589. The van der Waals surface area contributed by atoms with Crippen molar-refractivity contribution >= 4 is 28.9 Å². The number of anilines is 3. The van der Waals surface area contributed by atoms with Crippen molar-refractivity contribution in [3.8, 4) is 6.07 Å². The van der Waals surface area contributed by atoms with Crippen molar-refractivity contribution < 1.29 is 0 Å². The van der Waals surface area contributed by atoms with E-state index in [1.165, 1.54) is 0 Å². The van der Waals surface area contributed by atoms with Gasteiger partial charge in [0.1, 0.15) is 17.7 Å². The Kier molecular flexibility index (Phi) is 3.12. The van der Waals surface area contributed by atoms with Crippen LogP contribution in [0.5, 0.6) is 0 Å². The number of rotatable bonds is 2. The lowest BCUT2D eigenvalue weighted by Gasteiger charge is -2.08. The predicted molar refractivity (Wildman–Crippen MR) is 68.1 cm³/mol. The summed E-state index contributed by atoms with van der Waals surface area (Å²) in [6.45, 7) is 0. The number of aromatic nitrogens is 1. The third-order valence-corrected chi connectivity index (χ3v) is 2.37. The topological polar surface area (TPSA) is 74.7 Å². The molecule has 0 atom stereocenters. The number of nitrogens with one attached hydrogen (secondary N) is 1. The number of nitrogens with zero attached hydrogens (tertiary/aromatic N) is 2. The second-order valence-corrected chi connectivity index (χ2v) is 3.81. The second-order valence-electron chi connectivity index (χ2n) is 3.37. The van der Waals surface area contributed by atoms with Gasteiger partial charge in [-0.25, -0.2) is 4.98 Å². The zero-order valence-electron chi connectivity index (χ0n) is 8.81. The summed E-state index contributed by atoms with van der Waals surface area (Å²) in [5.74, 6) is 0.985. The molecule has 1 heterocycles. The van der Waals surface area contributed by atoms with Crippen LogP contribution in [0.2, 0.25) is 5.02 Å². The highest BCUT2D eigenvalue weighted by molar-refractivity contribution is 6.30. The number of hydrogen-bond donors (Lipinski definition) is 2. The van der Waals surface area contributed by atoms with Crippen molar-refractivity contribution in [1.82, 2.24) is 4.98 Å². The van der Waals surface area contributed by atoms with Gasteiger partial charge in [0.2, 0.25) is 0 Å². The molecular formula is C12H9ClN4. The summed E-state index contributed by atoms with van der Waals surface area (Å²) in [5, 5.41) is 12.5. The first-order valence-corrected chi connectivity index (χ1v) is 5.26. The van der Waals surface area contributed by atoms with E-state index in [0.717, 1.165) is 0 Å². The molecule has 0 aliphatic heterocycles. The molecule has 17 heavy (non-hydrogen) atoms. The van der Waals surface area contributed by atoms with Gasteiger partial charge in [-0.3, -0.25) is 0 Å². The number of pyridine rings is 1. The van der Waals surface area contributed by atoms with Gasteiger partial charge in [0.15, 0.2) is 0 Å². The fourth-order valence-corrected chi connectivity index (χ4v) is 1.55. The summed E-state index contributed by atoms with van der Waals surface area (Å²) in [5.41, 5.74) is 6.68. The van der Waals surface area contributed by atoms with Crippen LogP contribution in [-0.2, 0) is 0 Å². The van der Waals surface area contributed by atoms with E-state index in [2.05, 4.69) is 16.4 Å². The molecule has 0 saturated carbocycles. The van der Waals surface area contributed by atoms with Gasteiger partial charge in [0, 0.05) is 5.02 Å². The van der Waals surface area contributed by atoms with Gasteiger partial charge >= 0.3 is 0 Å². The summed E-state index contributed by atoms with van der Waals surface area (Å²) in [6, 6.07) is 12.3. The zero-order chi connectivity index (χ0) is 12.3. The summed E-state index contributed by atoms with van der Waals surface area (Å²) in [4.78, 5) is 4.09. The molecular weight excluding hydrogens is 236 g/mol. The minimum Gasteiger partial charge on any atom is -0.384 e. The van der Waals surface area contributed by atoms with Crippen molar-refractivity contribution in [2.24, 2.45) is 0 Å². The summed E-state index contributed by atoms with van der Waals surface area (Å²) in [6.07, 6.45) is 0. The molecule has 0 unspecified atom stereocenters. The lowest BCUT2D eigenvalue weighted by molar-refractivity contribution is 1.31. The maximum atomic E-state index is 8.96. The normalized spacial score (nSPS) is 9.65. The van der Waals surface area contributed by atoms with E-state index in [1.54, 1.807) is 36.4 Å². The third-order valence-electron chi connectivity index (χ3n) is 2.14. The molecule has 0 radical (unpaired) electrons. The molecule has 0 amide bonds. The van der Waals surface area contributed by atoms with Gasteiger partial charge in [-0.2, -0.15) is 5.26 Å². The quantitative estimate of drug-likeness (QED) is 0.852. The van der Waals surface area contributed by atoms with Crippen LogP contribution in [0.3, 0.4) is 0 Å². The third kappa shape index (κ3) is 2.65. The maximum absolute atomic E-state index is 8.96. The fraction of sp³-hybridized carbons (Fsp3) is 0. The first kappa shape index (κ1) is 11.2. The maximum Gasteiger partial charge on any atom is 0.132 e. The first-order chi connectivity index (χ1) is 8.19. The van der Waals surface area contributed by atoms with E-state index in [0.29, 0.717) is 27.9 Å². The molecule has 2 rings (SSSR count). The summed E-state index contributed by atoms with van der Waals surface area (Å²) < 4.78 is 0. The van der Waals surface area contributed by atoms with Crippen LogP contribution in [-0.4, -0.2) is 4.98 Å². The number of nitrogens with two attached hydrogens (primary N) is 1. The van der Waals surface area contributed by atoms with Crippen molar-refractivity contribution in [2.75, 3.05) is 11.1 Å². The molecule has 0 aliphatic rings. The van der Waals surface area contributed by atoms with Crippen LogP contribution in [0.1, 0.15) is 5.56 Å². The Hall–Kier alpha value is -2.25. The molecule has 0 bridgehead atoms. The summed E-state index contributed by atoms with van der Waals surface area (Å²) >= 11 is 5.88. The highest BCUT2D eigenvalue weighted by Crippen LogP contribution is 2.23. The minimum atomic E-state index is 0.413. The minimum absolute atomic E-state index is 0.413. The van der Waals surface area contributed by atoms with Crippen molar-refractivity contribution in [2.45, 2.75) is 0 Å². The van der Waals surface area contributed by atoms with E-state index in [9.17, 15) is 0 Å². The molecule has 5 heteroatoms. The Labute approximate surface area is 104 Å². The zero-order valence-corrected chi connectivity index (χ0v) is 9.57. The lowest BCUT2D eigenvalue weighted by atomic mass is 10.2. The number of hydrogen-bond acceptors (Lipinski definition) is 4. The van der Waals surface area contributed by atoms with Gasteiger partial charge in [-0.15, -0.1) is 0 Å². The van der Waals surface area contributed by atoms with Crippen LogP contribution in [0, 0.1) is 11.3 Å². The van der Waals surface area contributed by atoms with Crippen molar-refractivity contribution in [3.63, 3.8) is 0 Å². The highest BCUT2D eigenvalue weighted by atomic mass is 35.5. The van der Waals surface area contributed by atoms with Crippen molar-refractivity contribution in [1.29, 1.82) is 5.26 Å². The molecule has 1 aromatic carbocycles. The van der Waals surface area contributed by atoms with E-state index in [4.69, 9.17) is 22.6 Å². The van der Waals surface area contributed by atoms with Gasteiger partial charge in [-0.05, 0) is 30.3 Å². The molecule has 4 nitrogen and oxygen atoms in total. The highest BCUT2D eigenvalue weighted by Gasteiger charge is 2.04. The monoisotopic (exact) mass is 244 g/mol. The average Bonchev–Trinajstić information content (AvgIpc) is 2.29. The molecule has 0 aliphatic carbocycles. The van der Waals surface area contributed by atoms with Gasteiger partial charge in [0.05, 0.1) is 11.3 Å². The Morgan fingerprint density at radius 2 is 2.12 bits per heavy atom. The van der Waals surface area contributed by atoms with Crippen LogP contribution in [0.4, 0.5) is 17.3 Å². The smallest absolute Gasteiger partial charge is 0.132 e. The number of nitrogen functional groups attached to an aromatic ring is 1. The van der Waals surface area contributed by atoms with E-state index in [-0.39, 0.29) is 0 Å². The average molecular weight is 245 g/mol. The Morgan fingerprint density at radius 1 is 1.29 bits per heavy atom. The van der Waals surface area contributed by atoms with Crippen LogP contribution in [0.25, 0.3) is 0 Å². The summed E-state index contributed by atoms with van der Waals surface area (Å²) in [7, 11) is 0. The fourth-order valence-electron chi connectivity index (χ4n) is 1.38. The second kappa shape index (κ2) is 4.73. The first-order valence-electron chi connectivity index (χ1n) is 4.88. The molecule has 3 N–H and O–H groups in total. The van der Waals surface area contributed by atoms with Crippen LogP contribution in [0.15, 0.2) is 36.4 Å². The van der Waals surface area contributed by atoms with Gasteiger partial charge < -0.3 is 11.1 Å². The van der Waals surface area contributed by atoms with E-state index in [1.807, 2.05) is 0 Å². The van der Waals surface area contributed by atoms with Gasteiger partial charge in [0.25, 0.3) is 0 Å². The van der Waals surface area contributed by atoms with Gasteiger partial charge in [-0.1, -0.05) is 17.7 Å². The SMILES string of the molecule is N#Cc1ccc(Cl)cc1Nc1cccc(N)n1. The van der Waals surface area contributed by atoms with Crippen LogP contribution < -0.4 is 11.1 Å². The number of nitriles is 1. The van der Waals surface area contributed by atoms with Crippen molar-refractivity contribution in [3.05, 3.63) is 47.0 Å². The molecule has 0 saturated heterocycles. The Balaban J connectivity index is 2.36. The van der Waals surface area contributed by atoms with Crippen LogP contribution >= 0.6 is 11.6 Å². The standard InChI is InChI=1S/C12H9ClN4/c13-9-5-4-8(7-14)10(6-9)16-12-3-1-2-11(15)17-12/h1-6H,(H3,15,16,17). The molecule has 0 fully saturated rings. The number of halogens is 1. The predicted octanol–water partition coefficient (Wildman–Crippen LogP) is 2.93. The number of benzene rings is 1. The molecule has 0 spiro atoms. The molecule has 84 valence electrons. The molecule has 2 aromatic rings. The Morgan fingerprint density at radius 3 is 2.82 bits per heavy atom. The molecule has 1 aromatic heterocycles. The van der Waals surface area contributed by atoms with E-state index < -0.39 is 0 Å².